The van der Waals surface area contributed by atoms with E-state index in [0.717, 1.165) is 11.3 Å². The molecule has 1 aromatic heterocycles. The summed E-state index contributed by atoms with van der Waals surface area (Å²) < 4.78 is 5.68. The quantitative estimate of drug-likeness (QED) is 0.905. The molecule has 0 unspecified atom stereocenters. The number of benzene rings is 1. The number of halogens is 2. The molecule has 84 valence electrons. The fourth-order valence-corrected chi connectivity index (χ4v) is 3.10. The molecule has 0 amide bonds. The van der Waals surface area contributed by atoms with Gasteiger partial charge in [0.25, 0.3) is 0 Å². The minimum atomic E-state index is -1.05. The Bertz CT molecular complexity index is 577. The van der Waals surface area contributed by atoms with Crippen LogP contribution in [0.4, 0.5) is 0 Å². The number of hydrogen-bond acceptors (Lipinski definition) is 3. The first-order valence-corrected chi connectivity index (χ1v) is 5.81. The molecule has 0 spiro atoms. The van der Waals surface area contributed by atoms with Gasteiger partial charge in [-0.15, -0.1) is 11.3 Å². The summed E-state index contributed by atoms with van der Waals surface area (Å²) in [4.78, 5) is 11.0. The van der Waals surface area contributed by atoms with Crippen LogP contribution < -0.4 is 4.74 Å². The zero-order chi connectivity index (χ0) is 11.9. The van der Waals surface area contributed by atoms with Gasteiger partial charge in [-0.05, 0) is 12.1 Å². The number of rotatable bonds is 2. The molecule has 1 aromatic carbocycles. The van der Waals surface area contributed by atoms with Crippen molar-refractivity contribution in [3.8, 4) is 5.75 Å². The van der Waals surface area contributed by atoms with Gasteiger partial charge in [-0.2, -0.15) is 0 Å². The Kier molecular flexibility index (Phi) is 2.97. The van der Waals surface area contributed by atoms with Gasteiger partial charge in [0.05, 0.1) is 16.8 Å². The summed E-state index contributed by atoms with van der Waals surface area (Å²) in [5.41, 5.74) is 0. The number of thiophene rings is 1. The average Bonchev–Trinajstić information content (AvgIpc) is 2.58. The molecule has 0 saturated carbocycles. The molecular weight excluding hydrogens is 271 g/mol. The number of ether oxygens (including phenoxy) is 1. The van der Waals surface area contributed by atoms with E-state index in [9.17, 15) is 4.79 Å². The van der Waals surface area contributed by atoms with E-state index in [1.54, 1.807) is 12.1 Å². The second-order valence-corrected chi connectivity index (χ2v) is 4.79. The highest BCUT2D eigenvalue weighted by Crippen LogP contribution is 2.42. The maximum absolute atomic E-state index is 10.9. The summed E-state index contributed by atoms with van der Waals surface area (Å²) in [5.74, 6) is -0.551. The lowest BCUT2D eigenvalue weighted by molar-refractivity contribution is 0.0702. The SMILES string of the molecule is COc1ccc2c(Cl)c(C(=O)O)sc2c1Cl. The highest BCUT2D eigenvalue weighted by molar-refractivity contribution is 7.22. The molecule has 0 bridgehead atoms. The fourth-order valence-electron chi connectivity index (χ4n) is 1.37. The lowest BCUT2D eigenvalue weighted by Crippen LogP contribution is -1.91. The molecule has 2 aromatic rings. The van der Waals surface area contributed by atoms with E-state index in [2.05, 4.69) is 0 Å². The van der Waals surface area contributed by atoms with Crippen LogP contribution in [0.2, 0.25) is 10.0 Å². The molecule has 0 saturated heterocycles. The van der Waals surface area contributed by atoms with Crippen molar-refractivity contribution < 1.29 is 14.6 Å². The van der Waals surface area contributed by atoms with Crippen LogP contribution in [0.25, 0.3) is 10.1 Å². The number of carboxylic acids is 1. The molecular formula is C10H6Cl2O3S. The van der Waals surface area contributed by atoms with Crippen LogP contribution in [-0.4, -0.2) is 18.2 Å². The van der Waals surface area contributed by atoms with Crippen molar-refractivity contribution in [1.82, 2.24) is 0 Å². The molecule has 1 N–H and O–H groups in total. The van der Waals surface area contributed by atoms with Gasteiger partial charge in [-0.25, -0.2) is 4.79 Å². The summed E-state index contributed by atoms with van der Waals surface area (Å²) in [6.45, 7) is 0. The predicted octanol–water partition coefficient (Wildman–Crippen LogP) is 3.91. The highest BCUT2D eigenvalue weighted by atomic mass is 35.5. The Morgan fingerprint density at radius 2 is 2.06 bits per heavy atom. The number of fused-ring (bicyclic) bond motifs is 1. The lowest BCUT2D eigenvalue weighted by atomic mass is 10.2. The third-order valence-corrected chi connectivity index (χ3v) is 4.32. The first-order valence-electron chi connectivity index (χ1n) is 4.24. The number of aromatic carboxylic acids is 1. The van der Waals surface area contributed by atoms with E-state index in [4.69, 9.17) is 33.0 Å². The van der Waals surface area contributed by atoms with Crippen molar-refractivity contribution >= 4 is 50.6 Å². The van der Waals surface area contributed by atoms with Crippen LogP contribution in [0.1, 0.15) is 9.67 Å². The lowest BCUT2D eigenvalue weighted by Gasteiger charge is -2.02. The molecule has 0 aliphatic rings. The monoisotopic (exact) mass is 276 g/mol. The van der Waals surface area contributed by atoms with Crippen LogP contribution in [0.5, 0.6) is 5.75 Å². The summed E-state index contributed by atoms with van der Waals surface area (Å²) >= 11 is 13.1. The van der Waals surface area contributed by atoms with E-state index < -0.39 is 5.97 Å². The van der Waals surface area contributed by atoms with Crippen LogP contribution in [0.3, 0.4) is 0 Å². The third kappa shape index (κ3) is 1.63. The largest absolute Gasteiger partial charge is 0.495 e. The first kappa shape index (κ1) is 11.5. The van der Waals surface area contributed by atoms with Crippen molar-refractivity contribution in [2.45, 2.75) is 0 Å². The maximum Gasteiger partial charge on any atom is 0.347 e. The Labute approximate surface area is 105 Å². The van der Waals surface area contributed by atoms with Gasteiger partial charge in [0.1, 0.15) is 15.6 Å². The zero-order valence-corrected chi connectivity index (χ0v) is 10.4. The molecule has 6 heteroatoms. The summed E-state index contributed by atoms with van der Waals surface area (Å²) in [6.07, 6.45) is 0. The first-order chi connectivity index (χ1) is 7.56. The van der Waals surface area contributed by atoms with Crippen molar-refractivity contribution in [1.29, 1.82) is 0 Å². The fraction of sp³-hybridized carbons (Fsp3) is 0.100. The van der Waals surface area contributed by atoms with Gasteiger partial charge in [0, 0.05) is 5.39 Å². The number of methoxy groups -OCH3 is 1. The second kappa shape index (κ2) is 4.13. The summed E-state index contributed by atoms with van der Waals surface area (Å²) in [7, 11) is 1.50. The maximum atomic E-state index is 10.9. The standard InChI is InChI=1S/C10H6Cl2O3S/c1-15-5-3-2-4-6(11)9(10(13)14)16-8(4)7(5)12/h2-3H,1H3,(H,13,14). The zero-order valence-electron chi connectivity index (χ0n) is 8.08. The smallest absolute Gasteiger partial charge is 0.347 e. The van der Waals surface area contributed by atoms with Gasteiger partial charge < -0.3 is 9.84 Å². The van der Waals surface area contributed by atoms with Crippen LogP contribution in [-0.2, 0) is 0 Å². The van der Waals surface area contributed by atoms with Gasteiger partial charge in [0.15, 0.2) is 0 Å². The molecule has 0 atom stereocenters. The minimum absolute atomic E-state index is 0.0896. The Morgan fingerprint density at radius 1 is 1.38 bits per heavy atom. The van der Waals surface area contributed by atoms with E-state index in [-0.39, 0.29) is 9.90 Å². The molecule has 0 aliphatic carbocycles. The second-order valence-electron chi connectivity index (χ2n) is 3.01. The van der Waals surface area contributed by atoms with E-state index in [0.29, 0.717) is 20.9 Å². The van der Waals surface area contributed by atoms with Crippen molar-refractivity contribution in [2.24, 2.45) is 0 Å². The molecule has 16 heavy (non-hydrogen) atoms. The van der Waals surface area contributed by atoms with Crippen LogP contribution in [0, 0.1) is 0 Å². The van der Waals surface area contributed by atoms with Gasteiger partial charge >= 0.3 is 5.97 Å². The van der Waals surface area contributed by atoms with Crippen molar-refractivity contribution in [2.75, 3.05) is 7.11 Å². The Morgan fingerprint density at radius 3 is 2.62 bits per heavy atom. The predicted molar refractivity (Wildman–Crippen MR) is 65.4 cm³/mol. The van der Waals surface area contributed by atoms with Gasteiger partial charge in [0.2, 0.25) is 0 Å². The van der Waals surface area contributed by atoms with Crippen molar-refractivity contribution in [3.63, 3.8) is 0 Å². The van der Waals surface area contributed by atoms with Crippen LogP contribution >= 0.6 is 34.5 Å². The normalized spacial score (nSPS) is 10.7. The molecule has 0 fully saturated rings. The van der Waals surface area contributed by atoms with Gasteiger partial charge in [-0.3, -0.25) is 0 Å². The third-order valence-electron chi connectivity index (χ3n) is 2.12. The topological polar surface area (TPSA) is 46.5 Å². The van der Waals surface area contributed by atoms with Crippen molar-refractivity contribution in [3.05, 3.63) is 27.1 Å². The van der Waals surface area contributed by atoms with Crippen LogP contribution in [0.15, 0.2) is 12.1 Å². The minimum Gasteiger partial charge on any atom is -0.495 e. The highest BCUT2D eigenvalue weighted by Gasteiger charge is 2.19. The van der Waals surface area contributed by atoms with E-state index >= 15 is 0 Å². The molecule has 3 nitrogen and oxygen atoms in total. The number of hydrogen-bond donors (Lipinski definition) is 1. The molecule has 0 aliphatic heterocycles. The Hall–Kier alpha value is -0.970. The van der Waals surface area contributed by atoms with E-state index in [1.165, 1.54) is 7.11 Å². The number of carboxylic acid groups (broad SMARTS) is 1. The summed E-state index contributed by atoms with van der Waals surface area (Å²) in [5, 5.41) is 10.2. The van der Waals surface area contributed by atoms with Gasteiger partial charge in [-0.1, -0.05) is 23.2 Å². The average molecular weight is 277 g/mol. The van der Waals surface area contributed by atoms with E-state index in [1.807, 2.05) is 0 Å². The molecule has 1 heterocycles. The molecule has 2 rings (SSSR count). The number of carbonyl (C=O) groups is 1. The molecule has 0 radical (unpaired) electrons. The summed E-state index contributed by atoms with van der Waals surface area (Å²) in [6, 6.07) is 3.36. The Balaban J connectivity index is 2.81.